The Morgan fingerprint density at radius 2 is 1.12 bits per heavy atom. The molecule has 6 heteroatoms. The van der Waals surface area contributed by atoms with E-state index in [-0.39, 0.29) is 0 Å². The highest BCUT2D eigenvalue weighted by Gasteiger charge is 2.25. The van der Waals surface area contributed by atoms with E-state index < -0.39 is 0 Å². The second-order valence-corrected chi connectivity index (χ2v) is 14.3. The van der Waals surface area contributed by atoms with Crippen molar-refractivity contribution in [3.8, 4) is 39.9 Å². The van der Waals surface area contributed by atoms with Crippen molar-refractivity contribution in [3.05, 3.63) is 157 Å². The second kappa shape index (κ2) is 11.2. The molecular weight excluding hydrogens is 657 g/mol. The summed E-state index contributed by atoms with van der Waals surface area (Å²) >= 11 is 1.85. The van der Waals surface area contributed by atoms with Gasteiger partial charge in [0.2, 0.25) is 0 Å². The van der Waals surface area contributed by atoms with Crippen molar-refractivity contribution in [2.75, 3.05) is 0 Å². The number of thiophene rings is 1. The van der Waals surface area contributed by atoms with Crippen molar-refractivity contribution in [1.29, 1.82) is 0 Å². The van der Waals surface area contributed by atoms with E-state index in [1.54, 1.807) is 0 Å². The Morgan fingerprint density at radius 1 is 0.500 bits per heavy atom. The molecule has 0 fully saturated rings. The lowest BCUT2D eigenvalue weighted by Crippen LogP contribution is -2.03. The Balaban J connectivity index is 1.25. The molecule has 0 N–H and O–H groups in total. The fourth-order valence-electron chi connectivity index (χ4n) is 7.83. The molecule has 0 saturated heterocycles. The number of aryl methyl sites for hydroxylation is 1. The van der Waals surface area contributed by atoms with Crippen LogP contribution in [0.15, 0.2) is 156 Å². The van der Waals surface area contributed by atoms with Gasteiger partial charge < -0.3 is 8.98 Å². The molecule has 52 heavy (non-hydrogen) atoms. The molecule has 0 bridgehead atoms. The lowest BCUT2D eigenvalue weighted by Gasteiger charge is -2.15. The van der Waals surface area contributed by atoms with Gasteiger partial charge in [-0.25, -0.2) is 15.0 Å². The molecule has 11 rings (SSSR count). The van der Waals surface area contributed by atoms with E-state index in [0.717, 1.165) is 60.9 Å². The number of hydrogen-bond acceptors (Lipinski definition) is 5. The van der Waals surface area contributed by atoms with Crippen LogP contribution in [0.2, 0.25) is 0 Å². The normalized spacial score (nSPS) is 11.9. The number of fused-ring (bicyclic) bond motifs is 9. The second-order valence-electron chi connectivity index (χ2n) is 13.2. The molecule has 11 aromatic rings. The maximum absolute atomic E-state index is 6.90. The summed E-state index contributed by atoms with van der Waals surface area (Å²) < 4.78 is 11.9. The number of nitrogens with zero attached hydrogens (tertiary/aromatic N) is 4. The van der Waals surface area contributed by atoms with Crippen LogP contribution >= 0.6 is 11.3 Å². The Hall–Kier alpha value is -6.63. The summed E-state index contributed by atoms with van der Waals surface area (Å²) in [7, 11) is 0. The van der Waals surface area contributed by atoms with Gasteiger partial charge in [-0.05, 0) is 48.9 Å². The number of aromatic nitrogens is 4. The van der Waals surface area contributed by atoms with Crippen molar-refractivity contribution < 1.29 is 4.42 Å². The minimum atomic E-state index is 0.613. The number of furan rings is 1. The highest BCUT2D eigenvalue weighted by Crippen LogP contribution is 2.45. The molecular formula is C46H28N4OS. The summed E-state index contributed by atoms with van der Waals surface area (Å²) in [6.07, 6.45) is 0. The maximum atomic E-state index is 6.90. The average molecular weight is 685 g/mol. The van der Waals surface area contributed by atoms with E-state index in [1.165, 1.54) is 30.9 Å². The van der Waals surface area contributed by atoms with Crippen LogP contribution in [0.25, 0.3) is 104 Å². The number of benzene rings is 7. The maximum Gasteiger partial charge on any atom is 0.165 e. The molecule has 4 heterocycles. The topological polar surface area (TPSA) is 56.7 Å². The van der Waals surface area contributed by atoms with Crippen LogP contribution in [-0.2, 0) is 0 Å². The van der Waals surface area contributed by atoms with Gasteiger partial charge in [0, 0.05) is 58.4 Å². The first-order valence-corrected chi connectivity index (χ1v) is 18.2. The van der Waals surface area contributed by atoms with Crippen molar-refractivity contribution in [2.45, 2.75) is 6.92 Å². The first-order valence-electron chi connectivity index (χ1n) is 17.4. The molecule has 5 nitrogen and oxygen atoms in total. The zero-order valence-corrected chi connectivity index (χ0v) is 28.9. The van der Waals surface area contributed by atoms with E-state index in [0.29, 0.717) is 17.5 Å². The highest BCUT2D eigenvalue weighted by molar-refractivity contribution is 7.25. The largest absolute Gasteiger partial charge is 0.454 e. The summed E-state index contributed by atoms with van der Waals surface area (Å²) in [5.74, 6) is 1.87. The van der Waals surface area contributed by atoms with Gasteiger partial charge in [0.1, 0.15) is 5.58 Å². The van der Waals surface area contributed by atoms with Crippen LogP contribution in [0, 0.1) is 6.92 Å². The molecule has 0 atom stereocenters. The standard InChI is InChI=1S/C46H28N4OS/c1-27-24-37(50-35-21-11-8-18-30(35)33-26-40-34(25-36(33)50)31-19-10-13-23-39(31)52-40)43-42(32-20-9-12-22-38(32)51-43)41(27)46-48-44(28-14-4-2-5-15-28)47-45(49-46)29-16-6-3-7-17-29/h2-26H,1H3. The van der Waals surface area contributed by atoms with Crippen LogP contribution in [0.1, 0.15) is 5.56 Å². The summed E-state index contributed by atoms with van der Waals surface area (Å²) in [4.78, 5) is 15.3. The van der Waals surface area contributed by atoms with Crippen molar-refractivity contribution in [2.24, 2.45) is 0 Å². The Morgan fingerprint density at radius 3 is 1.87 bits per heavy atom. The van der Waals surface area contributed by atoms with Gasteiger partial charge in [0.25, 0.3) is 0 Å². The summed E-state index contributed by atoms with van der Waals surface area (Å²) in [6, 6.07) is 52.9. The molecule has 0 aliphatic rings. The molecule has 0 radical (unpaired) electrons. The highest BCUT2D eigenvalue weighted by atomic mass is 32.1. The van der Waals surface area contributed by atoms with Gasteiger partial charge in [-0.2, -0.15) is 0 Å². The smallest absolute Gasteiger partial charge is 0.165 e. The first-order chi connectivity index (χ1) is 25.7. The van der Waals surface area contributed by atoms with Gasteiger partial charge in [-0.1, -0.05) is 115 Å². The van der Waals surface area contributed by atoms with Crippen molar-refractivity contribution in [3.63, 3.8) is 0 Å². The zero-order chi connectivity index (χ0) is 34.3. The third-order valence-electron chi connectivity index (χ3n) is 10.2. The Labute approximate surface area is 302 Å². The number of para-hydroxylation sites is 2. The predicted octanol–water partition coefficient (Wildman–Crippen LogP) is 12.5. The fourth-order valence-corrected chi connectivity index (χ4v) is 8.96. The predicted molar refractivity (Wildman–Crippen MR) is 215 cm³/mol. The molecule has 0 unspecified atom stereocenters. The van der Waals surface area contributed by atoms with Gasteiger partial charge in [-0.3, -0.25) is 0 Å². The number of rotatable bonds is 4. The molecule has 0 aliphatic heterocycles. The molecule has 7 aromatic carbocycles. The third kappa shape index (κ3) is 4.31. The van der Waals surface area contributed by atoms with Crippen LogP contribution < -0.4 is 0 Å². The van der Waals surface area contributed by atoms with Gasteiger partial charge >= 0.3 is 0 Å². The molecule has 0 spiro atoms. The summed E-state index contributed by atoms with van der Waals surface area (Å²) in [6.45, 7) is 2.16. The van der Waals surface area contributed by atoms with E-state index in [9.17, 15) is 0 Å². The minimum absolute atomic E-state index is 0.613. The monoisotopic (exact) mass is 684 g/mol. The quantitative estimate of drug-likeness (QED) is 0.185. The van der Waals surface area contributed by atoms with Crippen LogP contribution in [0.4, 0.5) is 0 Å². The molecule has 0 aliphatic carbocycles. The first kappa shape index (κ1) is 29.1. The van der Waals surface area contributed by atoms with Gasteiger partial charge in [0.05, 0.1) is 16.7 Å². The lowest BCUT2D eigenvalue weighted by atomic mass is 9.99. The summed E-state index contributed by atoms with van der Waals surface area (Å²) in [5, 5.41) is 6.98. The Kier molecular flexibility index (Phi) is 6.27. The summed E-state index contributed by atoms with van der Waals surface area (Å²) in [5.41, 5.74) is 8.72. The molecule has 244 valence electrons. The average Bonchev–Trinajstić information content (AvgIpc) is 3.87. The molecule has 4 aromatic heterocycles. The third-order valence-corrected chi connectivity index (χ3v) is 11.3. The van der Waals surface area contributed by atoms with E-state index in [2.05, 4.69) is 90.4 Å². The van der Waals surface area contributed by atoms with Crippen molar-refractivity contribution >= 4 is 75.3 Å². The van der Waals surface area contributed by atoms with Crippen LogP contribution in [-0.4, -0.2) is 19.5 Å². The van der Waals surface area contributed by atoms with E-state index >= 15 is 0 Å². The lowest BCUT2D eigenvalue weighted by molar-refractivity contribution is 0.666. The van der Waals surface area contributed by atoms with Gasteiger partial charge in [0.15, 0.2) is 23.1 Å². The van der Waals surface area contributed by atoms with Gasteiger partial charge in [-0.15, -0.1) is 11.3 Å². The van der Waals surface area contributed by atoms with E-state index in [1.807, 2.05) is 84.1 Å². The fraction of sp³-hybridized carbons (Fsp3) is 0.0217. The zero-order valence-electron chi connectivity index (χ0n) is 28.0. The molecule has 0 amide bonds. The van der Waals surface area contributed by atoms with Crippen LogP contribution in [0.5, 0.6) is 0 Å². The molecule has 0 saturated carbocycles. The number of hydrogen-bond donors (Lipinski definition) is 0. The SMILES string of the molecule is Cc1cc(-n2c3ccccc3c3cc4sc5ccccc5c4cc32)c2oc3ccccc3c2c1-c1nc(-c2ccccc2)nc(-c2ccccc2)n1. The minimum Gasteiger partial charge on any atom is -0.454 e. The Bertz CT molecular complexity index is 3140. The van der Waals surface area contributed by atoms with E-state index in [4.69, 9.17) is 19.4 Å². The van der Waals surface area contributed by atoms with Crippen molar-refractivity contribution in [1.82, 2.24) is 19.5 Å². The van der Waals surface area contributed by atoms with Crippen LogP contribution in [0.3, 0.4) is 0 Å².